The first kappa shape index (κ1) is 37.6. The summed E-state index contributed by atoms with van der Waals surface area (Å²) in [7, 11) is 0. The molecule has 0 saturated carbocycles. The van der Waals surface area contributed by atoms with Crippen molar-refractivity contribution in [1.29, 1.82) is 0 Å². The number of allylic oxidation sites excluding steroid dienone is 5. The van der Waals surface area contributed by atoms with Crippen LogP contribution in [-0.4, -0.2) is 0 Å². The van der Waals surface area contributed by atoms with Crippen LogP contribution in [-0.2, 0) is 28.1 Å². The van der Waals surface area contributed by atoms with Crippen molar-refractivity contribution in [2.24, 2.45) is 0 Å². The summed E-state index contributed by atoms with van der Waals surface area (Å²) in [6.07, 6.45) is 9.56. The van der Waals surface area contributed by atoms with E-state index in [-0.39, 0.29) is 21.7 Å². The largest absolute Gasteiger partial charge is 0.310 e. The molecule has 0 saturated heterocycles. The second kappa shape index (κ2) is 12.8. The van der Waals surface area contributed by atoms with Crippen LogP contribution in [0.3, 0.4) is 0 Å². The fourth-order valence-electron chi connectivity index (χ4n) is 11.4. The molecular formula is C59H54N2. The van der Waals surface area contributed by atoms with Gasteiger partial charge >= 0.3 is 0 Å². The zero-order chi connectivity index (χ0) is 42.2. The molecule has 2 heteroatoms. The molecule has 0 unspecified atom stereocenters. The van der Waals surface area contributed by atoms with E-state index in [1.165, 1.54) is 83.5 Å². The van der Waals surface area contributed by atoms with Crippen LogP contribution in [0.5, 0.6) is 0 Å². The molecule has 300 valence electrons. The fraction of sp³-hybridized carbons (Fsp3) is 0.220. The molecule has 0 atom stereocenters. The summed E-state index contributed by atoms with van der Waals surface area (Å²) in [4.78, 5) is 5.12. The number of anilines is 6. The van der Waals surface area contributed by atoms with Crippen molar-refractivity contribution < 1.29 is 0 Å². The van der Waals surface area contributed by atoms with Gasteiger partial charge in [-0.05, 0) is 115 Å². The third-order valence-electron chi connectivity index (χ3n) is 15.1. The molecule has 7 aromatic rings. The van der Waals surface area contributed by atoms with Gasteiger partial charge in [-0.15, -0.1) is 0 Å². The molecule has 2 nitrogen and oxygen atoms in total. The van der Waals surface area contributed by atoms with Crippen LogP contribution in [0, 0.1) is 0 Å². The predicted octanol–water partition coefficient (Wildman–Crippen LogP) is 15.9. The Morgan fingerprint density at radius 1 is 0.475 bits per heavy atom. The van der Waals surface area contributed by atoms with Crippen molar-refractivity contribution in [3.8, 4) is 11.1 Å². The van der Waals surface area contributed by atoms with Gasteiger partial charge in [-0.25, -0.2) is 0 Å². The maximum absolute atomic E-state index is 4.54. The standard InChI is InChI=1S/C59H54N2/c1-37-20-12-10-13-21-38-30-31-41(36-49(38)56(37,2)3)60(40-22-14-11-15-23-40)52-33-32-42(43-24-16-17-25-44(43)52)39-34-50-55-51(35-39)59(8,9)48-29-19-27-46-54(48)61(55)53-45(57(46,4)5)26-18-28-47(53)58(50,6)7/h10-20,22-36H,1,21H2,2-9H3/b13-10-,20-12-. The molecule has 0 N–H and O–H groups in total. The topological polar surface area (TPSA) is 6.48 Å². The highest BCUT2D eigenvalue weighted by Gasteiger charge is 2.51. The van der Waals surface area contributed by atoms with Crippen LogP contribution in [0.15, 0.2) is 170 Å². The molecule has 3 aliphatic heterocycles. The van der Waals surface area contributed by atoms with Crippen molar-refractivity contribution in [2.45, 2.75) is 83.5 Å². The summed E-state index contributed by atoms with van der Waals surface area (Å²) in [5.41, 5.74) is 21.4. The van der Waals surface area contributed by atoms with Gasteiger partial charge in [0, 0.05) is 38.4 Å². The van der Waals surface area contributed by atoms with Crippen molar-refractivity contribution in [3.05, 3.63) is 214 Å². The van der Waals surface area contributed by atoms with Crippen molar-refractivity contribution in [1.82, 2.24) is 0 Å². The Bertz CT molecular complexity index is 2990. The average molecular weight is 791 g/mol. The molecule has 0 amide bonds. The summed E-state index contributed by atoms with van der Waals surface area (Å²) in [5.74, 6) is 0. The van der Waals surface area contributed by atoms with Crippen molar-refractivity contribution >= 4 is 44.9 Å². The third-order valence-corrected chi connectivity index (χ3v) is 15.1. The lowest BCUT2D eigenvalue weighted by molar-refractivity contribution is 0.567. The van der Waals surface area contributed by atoms with Gasteiger partial charge in [0.05, 0.1) is 22.7 Å². The minimum atomic E-state index is -0.245. The van der Waals surface area contributed by atoms with Gasteiger partial charge in [0.2, 0.25) is 0 Å². The van der Waals surface area contributed by atoms with Gasteiger partial charge in [-0.1, -0.05) is 177 Å². The second-order valence-corrected chi connectivity index (χ2v) is 19.9. The van der Waals surface area contributed by atoms with Gasteiger partial charge in [0.1, 0.15) is 0 Å². The van der Waals surface area contributed by atoms with E-state index in [0.717, 1.165) is 29.1 Å². The third kappa shape index (κ3) is 5.15. The number of rotatable bonds is 4. The number of hydrogen-bond donors (Lipinski definition) is 0. The molecule has 61 heavy (non-hydrogen) atoms. The summed E-state index contributed by atoms with van der Waals surface area (Å²) in [6, 6.07) is 50.8. The molecule has 7 aromatic carbocycles. The zero-order valence-electron chi connectivity index (χ0n) is 36.8. The average Bonchev–Trinajstić information content (AvgIpc) is 3.30. The summed E-state index contributed by atoms with van der Waals surface area (Å²) < 4.78 is 0. The molecule has 0 bridgehead atoms. The minimum Gasteiger partial charge on any atom is -0.310 e. The fourth-order valence-corrected chi connectivity index (χ4v) is 11.4. The van der Waals surface area contributed by atoms with Crippen LogP contribution in [0.4, 0.5) is 34.1 Å². The van der Waals surface area contributed by atoms with Crippen LogP contribution in [0.1, 0.15) is 99.9 Å². The van der Waals surface area contributed by atoms with E-state index in [4.69, 9.17) is 0 Å². The van der Waals surface area contributed by atoms with E-state index in [9.17, 15) is 0 Å². The number of benzene rings is 7. The molecule has 0 spiro atoms. The molecular weight excluding hydrogens is 737 g/mol. The predicted molar refractivity (Wildman–Crippen MR) is 259 cm³/mol. The van der Waals surface area contributed by atoms with Gasteiger partial charge in [-0.2, -0.15) is 0 Å². The molecule has 0 aromatic heterocycles. The molecule has 11 rings (SSSR count). The first-order chi connectivity index (χ1) is 29.2. The minimum absolute atomic E-state index is 0.112. The quantitative estimate of drug-likeness (QED) is 0.175. The Kier molecular flexibility index (Phi) is 7.90. The maximum atomic E-state index is 4.54. The monoisotopic (exact) mass is 790 g/mol. The van der Waals surface area contributed by atoms with Crippen molar-refractivity contribution in [2.75, 3.05) is 9.80 Å². The lowest BCUT2D eigenvalue weighted by atomic mass is 9.60. The Balaban J connectivity index is 1.14. The van der Waals surface area contributed by atoms with Crippen LogP contribution >= 0.6 is 0 Å². The zero-order valence-corrected chi connectivity index (χ0v) is 36.8. The number of hydrogen-bond acceptors (Lipinski definition) is 2. The highest BCUT2D eigenvalue weighted by Crippen LogP contribution is 2.66. The first-order valence-electron chi connectivity index (χ1n) is 22.0. The summed E-state index contributed by atoms with van der Waals surface area (Å²) in [5, 5.41) is 2.46. The highest BCUT2D eigenvalue weighted by molar-refractivity contribution is 6.07. The number of nitrogens with zero attached hydrogens (tertiary/aromatic N) is 2. The van der Waals surface area contributed by atoms with Crippen LogP contribution in [0.25, 0.3) is 21.9 Å². The Morgan fingerprint density at radius 2 is 1.03 bits per heavy atom. The summed E-state index contributed by atoms with van der Waals surface area (Å²) in [6.45, 7) is 23.8. The smallest absolute Gasteiger partial charge is 0.0544 e. The van der Waals surface area contributed by atoms with E-state index in [1.54, 1.807) is 0 Å². The maximum Gasteiger partial charge on any atom is 0.0544 e. The number of para-hydroxylation sites is 3. The van der Waals surface area contributed by atoms with E-state index in [2.05, 4.69) is 230 Å². The molecule has 0 fully saturated rings. The first-order valence-corrected chi connectivity index (χ1v) is 22.0. The Hall–Kier alpha value is -6.38. The van der Waals surface area contributed by atoms with Crippen molar-refractivity contribution in [3.63, 3.8) is 0 Å². The Labute approximate surface area is 362 Å². The van der Waals surface area contributed by atoms with E-state index in [1.807, 2.05) is 0 Å². The normalized spacial score (nSPS) is 18.9. The second-order valence-electron chi connectivity index (χ2n) is 19.9. The molecule has 1 aliphatic carbocycles. The Morgan fingerprint density at radius 3 is 1.66 bits per heavy atom. The highest BCUT2D eigenvalue weighted by atomic mass is 15.2. The summed E-state index contributed by atoms with van der Waals surface area (Å²) >= 11 is 0. The van der Waals surface area contributed by atoms with Gasteiger partial charge < -0.3 is 9.80 Å². The lowest BCUT2D eigenvalue weighted by Gasteiger charge is -2.55. The van der Waals surface area contributed by atoms with Gasteiger partial charge in [0.25, 0.3) is 0 Å². The lowest BCUT2D eigenvalue weighted by Crippen LogP contribution is -2.43. The molecule has 0 radical (unpaired) electrons. The molecule has 3 heterocycles. The van der Waals surface area contributed by atoms with Crippen LogP contribution in [0.2, 0.25) is 0 Å². The van der Waals surface area contributed by atoms with E-state index >= 15 is 0 Å². The molecule has 4 aliphatic rings. The SMILES string of the molecule is C=C1/C=C\C=C/Cc2ccc(N(c3ccccc3)c3ccc(-c4cc5c6c(c4)C(C)(C)c4cccc7c4N6c4c(cccc4C5(C)C)C7(C)C)c4ccccc34)cc2C1(C)C. The van der Waals surface area contributed by atoms with Crippen LogP contribution < -0.4 is 9.80 Å². The number of fused-ring (bicyclic) bond motifs is 2. The van der Waals surface area contributed by atoms with E-state index in [0.29, 0.717) is 0 Å². The van der Waals surface area contributed by atoms with Gasteiger partial charge in [0.15, 0.2) is 0 Å². The van der Waals surface area contributed by atoms with Gasteiger partial charge in [-0.3, -0.25) is 0 Å². The van der Waals surface area contributed by atoms with E-state index < -0.39 is 0 Å².